The first-order valence-corrected chi connectivity index (χ1v) is 13.2. The van der Waals surface area contributed by atoms with Crippen LogP contribution in [0.25, 0.3) is 4.85 Å². The van der Waals surface area contributed by atoms with Crippen LogP contribution in [0.1, 0.15) is 20.8 Å². The van der Waals surface area contributed by atoms with Crippen LogP contribution < -0.4 is 5.09 Å². The first kappa shape index (κ1) is 22.1. The molecule has 0 bridgehead atoms. The molecule has 1 fully saturated rings. The SMILES string of the molecule is [2H]OC[C@H]1O[C@@H](B)[C@@H](O[Si](C)(C)C(C)(C)C)C1OP(=O)(NC)OCC[N+]#[C-]. The third-order valence-corrected chi connectivity index (χ3v) is 11.0. The van der Waals surface area contributed by atoms with Crippen molar-refractivity contribution < 1.29 is 27.9 Å². The van der Waals surface area contributed by atoms with Gasteiger partial charge in [0.05, 0.1) is 18.7 Å². The fourth-order valence-corrected chi connectivity index (χ4v) is 4.92. The molecule has 26 heavy (non-hydrogen) atoms. The summed E-state index contributed by atoms with van der Waals surface area (Å²) in [5.41, 5.74) is 0. The summed E-state index contributed by atoms with van der Waals surface area (Å²) in [6, 6.07) is -0.321. The predicted octanol–water partition coefficient (Wildman–Crippen LogP) is 1.38. The molecule has 0 aliphatic carbocycles. The van der Waals surface area contributed by atoms with Crippen molar-refractivity contribution in [1.29, 1.82) is 1.43 Å². The van der Waals surface area contributed by atoms with Crippen molar-refractivity contribution >= 4 is 23.9 Å². The molecule has 5 atom stereocenters. The van der Waals surface area contributed by atoms with Gasteiger partial charge in [0.15, 0.2) is 8.32 Å². The monoisotopic (exact) mass is 407 g/mol. The minimum absolute atomic E-state index is 0.0158. The van der Waals surface area contributed by atoms with Crippen LogP contribution >= 0.6 is 7.75 Å². The Morgan fingerprint density at radius 3 is 2.62 bits per heavy atom. The Balaban J connectivity index is 3.06. The number of aliphatic hydroxyl groups is 1. The highest BCUT2D eigenvalue weighted by Crippen LogP contribution is 2.48. The van der Waals surface area contributed by atoms with Crippen molar-refractivity contribution in [3.63, 3.8) is 0 Å². The first-order valence-electron chi connectivity index (χ1n) is 9.18. The number of ether oxygens (including phenoxy) is 1. The Labute approximate surface area is 160 Å². The van der Waals surface area contributed by atoms with E-state index in [4.69, 9.17) is 26.2 Å². The van der Waals surface area contributed by atoms with E-state index in [0.717, 1.165) is 0 Å². The highest BCUT2D eigenvalue weighted by molar-refractivity contribution is 7.51. The summed E-state index contributed by atoms with van der Waals surface area (Å²) in [6.45, 7) is 17.5. The van der Waals surface area contributed by atoms with Crippen molar-refractivity contribution in [3.8, 4) is 0 Å². The quantitative estimate of drug-likeness (QED) is 0.245. The summed E-state index contributed by atoms with van der Waals surface area (Å²) in [5.74, 6) is 0. The highest BCUT2D eigenvalue weighted by atomic mass is 31.2. The van der Waals surface area contributed by atoms with Crippen molar-refractivity contribution in [1.82, 2.24) is 5.09 Å². The Morgan fingerprint density at radius 2 is 2.12 bits per heavy atom. The highest BCUT2D eigenvalue weighted by Gasteiger charge is 2.51. The fourth-order valence-electron chi connectivity index (χ4n) is 2.37. The lowest BCUT2D eigenvalue weighted by atomic mass is 9.93. The molecule has 1 saturated heterocycles. The Bertz CT molecular complexity index is 573. The second kappa shape index (κ2) is 9.31. The van der Waals surface area contributed by atoms with Crippen LogP contribution in [0, 0.1) is 6.57 Å². The predicted molar refractivity (Wildman–Crippen MR) is 105 cm³/mol. The summed E-state index contributed by atoms with van der Waals surface area (Å²) < 4.78 is 43.5. The molecule has 1 aliphatic rings. The van der Waals surface area contributed by atoms with Gasteiger partial charge in [-0.25, -0.2) is 16.2 Å². The van der Waals surface area contributed by atoms with Crippen LogP contribution in [-0.2, 0) is 22.8 Å². The van der Waals surface area contributed by atoms with Crippen LogP contribution in [0.15, 0.2) is 0 Å². The summed E-state index contributed by atoms with van der Waals surface area (Å²) in [5, 5.41) is 7.06. The van der Waals surface area contributed by atoms with E-state index in [0.29, 0.717) is 0 Å². The second-order valence-corrected chi connectivity index (χ2v) is 14.6. The van der Waals surface area contributed by atoms with Gasteiger partial charge >= 0.3 is 7.75 Å². The zero-order chi connectivity index (χ0) is 20.9. The van der Waals surface area contributed by atoms with Gasteiger partial charge in [0.2, 0.25) is 7.98 Å². The Hall–Kier alpha value is -0.238. The van der Waals surface area contributed by atoms with Gasteiger partial charge in [-0.1, -0.05) is 20.8 Å². The number of nitrogens with zero attached hydrogens (tertiary/aromatic N) is 1. The maximum Gasteiger partial charge on any atom is 0.405 e. The van der Waals surface area contributed by atoms with E-state index in [9.17, 15) is 4.57 Å². The molecule has 0 spiro atoms. The lowest BCUT2D eigenvalue weighted by Crippen LogP contribution is -2.50. The lowest BCUT2D eigenvalue weighted by molar-refractivity contribution is -0.00439. The third-order valence-electron chi connectivity index (χ3n) is 4.94. The van der Waals surface area contributed by atoms with E-state index < -0.39 is 34.4 Å². The molecule has 0 aromatic heterocycles. The van der Waals surface area contributed by atoms with Crippen molar-refractivity contribution in [2.45, 2.75) is 63.2 Å². The van der Waals surface area contributed by atoms with E-state index in [2.05, 4.69) is 48.9 Å². The fraction of sp³-hybridized carbons (Fsp3) is 0.933. The summed E-state index contributed by atoms with van der Waals surface area (Å²) in [6.07, 6.45) is -1.82. The zero-order valence-corrected chi connectivity index (χ0v) is 18.7. The standard InChI is InChI=1S/C15H32BN2O6PSi/c1-15(2,3)26(6,7)24-13-12(11(10-19)22-14(13)16)23-25(20,18-5)21-9-8-17-4/h11-14,19H,8-10,16H2,1-3,5-7H3,(H,18,20)/t11-,12?,13+,14-,25?/m1/s1/i19D. The van der Waals surface area contributed by atoms with Gasteiger partial charge < -0.3 is 19.1 Å². The van der Waals surface area contributed by atoms with E-state index in [1.54, 1.807) is 0 Å². The molecule has 8 nitrogen and oxygen atoms in total. The molecule has 0 aromatic rings. The van der Waals surface area contributed by atoms with E-state index in [-0.39, 0.29) is 30.8 Å². The first-order chi connectivity index (χ1) is 12.4. The zero-order valence-electron chi connectivity index (χ0n) is 17.8. The van der Waals surface area contributed by atoms with Crippen LogP contribution in [0.4, 0.5) is 0 Å². The van der Waals surface area contributed by atoms with Gasteiger partial charge in [-0.3, -0.25) is 9.05 Å². The Morgan fingerprint density at radius 1 is 1.46 bits per heavy atom. The smallest absolute Gasteiger partial charge is 0.405 e. The maximum atomic E-state index is 12.9. The average molecular weight is 407 g/mol. The molecule has 0 saturated carbocycles. The molecule has 1 aliphatic heterocycles. The van der Waals surface area contributed by atoms with E-state index in [1.807, 2.05) is 7.85 Å². The van der Waals surface area contributed by atoms with Gasteiger partial charge in [-0.05, 0) is 25.2 Å². The van der Waals surface area contributed by atoms with Crippen LogP contribution in [0.5, 0.6) is 0 Å². The van der Waals surface area contributed by atoms with Gasteiger partial charge in [0.1, 0.15) is 26.7 Å². The molecule has 1 heterocycles. The summed E-state index contributed by atoms with van der Waals surface area (Å²) in [4.78, 5) is 3.18. The molecule has 0 aromatic carbocycles. The molecule has 2 unspecified atom stereocenters. The van der Waals surface area contributed by atoms with Gasteiger partial charge in [0.25, 0.3) is 0 Å². The number of hydrogen-bond acceptors (Lipinski definition) is 6. The second-order valence-electron chi connectivity index (χ2n) is 7.90. The molecule has 0 radical (unpaired) electrons. The third kappa shape index (κ3) is 5.88. The normalized spacial score (nSPS) is 29.8. The van der Waals surface area contributed by atoms with Crippen molar-refractivity contribution in [2.75, 3.05) is 26.8 Å². The average Bonchev–Trinajstić information content (AvgIpc) is 2.82. The lowest BCUT2D eigenvalue weighted by Gasteiger charge is -2.40. The largest absolute Gasteiger partial charge is 0.409 e. The van der Waals surface area contributed by atoms with Crippen LogP contribution in [-0.4, -0.2) is 73.8 Å². The number of hydrogen-bond donors (Lipinski definition) is 2. The van der Waals surface area contributed by atoms with Crippen molar-refractivity contribution in [2.24, 2.45) is 0 Å². The Kier molecular flexibility index (Phi) is 7.89. The summed E-state index contributed by atoms with van der Waals surface area (Å²) >= 11 is 0. The summed E-state index contributed by atoms with van der Waals surface area (Å²) in [7, 11) is -2.49. The molecular formula is C15H32BN2O6PSi. The molecule has 11 heteroatoms. The molecule has 1 rings (SSSR count). The van der Waals surface area contributed by atoms with E-state index in [1.165, 1.54) is 7.05 Å². The van der Waals surface area contributed by atoms with Gasteiger partial charge in [-0.2, -0.15) is 0 Å². The minimum Gasteiger partial charge on any atom is -0.409 e. The minimum atomic E-state index is -3.66. The number of rotatable bonds is 10. The van der Waals surface area contributed by atoms with Crippen LogP contribution in [0.2, 0.25) is 18.1 Å². The van der Waals surface area contributed by atoms with Crippen molar-refractivity contribution in [3.05, 3.63) is 11.4 Å². The van der Waals surface area contributed by atoms with E-state index >= 15 is 0 Å². The van der Waals surface area contributed by atoms with Crippen LogP contribution in [0.3, 0.4) is 0 Å². The molecule has 2 N–H and O–H groups in total. The molecule has 0 amide bonds. The maximum absolute atomic E-state index is 12.9. The van der Waals surface area contributed by atoms with Gasteiger partial charge in [-0.15, -0.1) is 0 Å². The number of aliphatic hydroxyl groups excluding tert-OH is 1. The number of nitrogens with one attached hydrogen (secondary N) is 1. The topological polar surface area (TPSA) is 90.6 Å². The van der Waals surface area contributed by atoms with Gasteiger partial charge in [0, 0.05) is 0 Å². The molecular weight excluding hydrogens is 374 g/mol. The molecule has 150 valence electrons.